The van der Waals surface area contributed by atoms with Crippen LogP contribution < -0.4 is 0 Å². The lowest BCUT2D eigenvalue weighted by atomic mass is 10.0. The fourth-order valence-electron chi connectivity index (χ4n) is 8.68. The van der Waals surface area contributed by atoms with Gasteiger partial charge in [0.05, 0.1) is 22.1 Å². The van der Waals surface area contributed by atoms with Gasteiger partial charge in [-0.15, -0.1) is 0 Å². The van der Waals surface area contributed by atoms with E-state index in [-0.39, 0.29) is 0 Å². The molecule has 7 heteroatoms. The minimum absolute atomic E-state index is 0.553. The number of hydrogen-bond donors (Lipinski definition) is 0. The highest BCUT2D eigenvalue weighted by Gasteiger charge is 2.24. The third-order valence-electron chi connectivity index (χ3n) is 11.2. The van der Waals surface area contributed by atoms with Crippen LogP contribution in [0.2, 0.25) is 0 Å². The summed E-state index contributed by atoms with van der Waals surface area (Å²) in [6.07, 6.45) is 0. The molecule has 0 saturated heterocycles. The molecule has 0 fully saturated rings. The van der Waals surface area contributed by atoms with Crippen LogP contribution in [-0.4, -0.2) is 29.1 Å². The standard InChI is InChI=1S/C52H32N6O/c1-4-17-33(18-5-1)49-54-50(37-24-14-30-43-46(37)36-23-10-12-28-41(36)57(43)34-19-6-2-7-20-34)56-51(55-49)38-25-15-31-44-47(38)48-39(26-16-32-45(48)59-44)52-53-40-27-11-13-29-42(40)58(52)35-21-8-3-9-22-35/h1-32H. The summed E-state index contributed by atoms with van der Waals surface area (Å²) in [5.41, 5.74) is 11.4. The highest BCUT2D eigenvalue weighted by molar-refractivity contribution is 6.18. The fraction of sp³-hybridized carbons (Fsp3) is 0. The van der Waals surface area contributed by atoms with Gasteiger partial charge < -0.3 is 8.98 Å². The van der Waals surface area contributed by atoms with E-state index < -0.39 is 0 Å². The molecule has 0 N–H and O–H groups in total. The quantitative estimate of drug-likeness (QED) is 0.169. The predicted octanol–water partition coefficient (Wildman–Crippen LogP) is 12.9. The summed E-state index contributed by atoms with van der Waals surface area (Å²) in [4.78, 5) is 21.1. The van der Waals surface area contributed by atoms with E-state index in [0.29, 0.717) is 17.5 Å². The van der Waals surface area contributed by atoms with Crippen molar-refractivity contribution < 1.29 is 4.42 Å². The number of benzene rings is 8. The van der Waals surface area contributed by atoms with Crippen LogP contribution in [0.5, 0.6) is 0 Å². The fourth-order valence-corrected chi connectivity index (χ4v) is 8.68. The molecule has 0 aliphatic heterocycles. The Morgan fingerprint density at radius 1 is 0.339 bits per heavy atom. The number of fused-ring (bicyclic) bond motifs is 7. The molecule has 12 aromatic rings. The second-order valence-corrected chi connectivity index (χ2v) is 14.6. The van der Waals surface area contributed by atoms with Gasteiger partial charge >= 0.3 is 0 Å². The summed E-state index contributed by atoms with van der Waals surface area (Å²) in [5.74, 6) is 2.55. The Morgan fingerprint density at radius 2 is 0.847 bits per heavy atom. The van der Waals surface area contributed by atoms with Crippen LogP contribution in [0, 0.1) is 0 Å². The molecule has 0 unspecified atom stereocenters. The van der Waals surface area contributed by atoms with E-state index in [1.165, 1.54) is 0 Å². The van der Waals surface area contributed by atoms with Crippen LogP contribution in [0.1, 0.15) is 0 Å². The van der Waals surface area contributed by atoms with Gasteiger partial charge in [-0.05, 0) is 60.7 Å². The van der Waals surface area contributed by atoms with E-state index in [9.17, 15) is 0 Å². The third-order valence-corrected chi connectivity index (χ3v) is 11.2. The van der Waals surface area contributed by atoms with Gasteiger partial charge in [-0.25, -0.2) is 19.9 Å². The Hall–Kier alpha value is -8.16. The van der Waals surface area contributed by atoms with Crippen molar-refractivity contribution in [2.24, 2.45) is 0 Å². The van der Waals surface area contributed by atoms with Gasteiger partial charge in [-0.1, -0.05) is 133 Å². The number of aromatic nitrogens is 6. The predicted molar refractivity (Wildman–Crippen MR) is 238 cm³/mol. The maximum Gasteiger partial charge on any atom is 0.164 e. The molecule has 0 radical (unpaired) electrons. The average molecular weight is 757 g/mol. The Morgan fingerprint density at radius 3 is 1.56 bits per heavy atom. The van der Waals surface area contributed by atoms with Crippen LogP contribution >= 0.6 is 0 Å². The second-order valence-electron chi connectivity index (χ2n) is 14.6. The topological polar surface area (TPSA) is 74.6 Å². The summed E-state index contributed by atoms with van der Waals surface area (Å²) < 4.78 is 11.2. The molecule has 0 aliphatic carbocycles. The van der Waals surface area contributed by atoms with E-state index in [1.54, 1.807) is 0 Å². The van der Waals surface area contributed by atoms with Crippen LogP contribution in [0.4, 0.5) is 0 Å². The zero-order chi connectivity index (χ0) is 38.9. The van der Waals surface area contributed by atoms with E-state index in [1.807, 2.05) is 72.8 Å². The molecule has 59 heavy (non-hydrogen) atoms. The smallest absolute Gasteiger partial charge is 0.164 e. The van der Waals surface area contributed by atoms with Gasteiger partial charge in [0.1, 0.15) is 17.0 Å². The lowest BCUT2D eigenvalue weighted by molar-refractivity contribution is 0.669. The van der Waals surface area contributed by atoms with E-state index >= 15 is 0 Å². The van der Waals surface area contributed by atoms with Crippen LogP contribution in [0.3, 0.4) is 0 Å². The zero-order valence-electron chi connectivity index (χ0n) is 31.6. The first kappa shape index (κ1) is 33.0. The number of hydrogen-bond acceptors (Lipinski definition) is 5. The lowest BCUT2D eigenvalue weighted by Crippen LogP contribution is -2.01. The van der Waals surface area contributed by atoms with E-state index in [4.69, 9.17) is 24.4 Å². The van der Waals surface area contributed by atoms with Crippen molar-refractivity contribution in [2.75, 3.05) is 0 Å². The third kappa shape index (κ3) is 5.22. The molecular formula is C52H32N6O. The monoisotopic (exact) mass is 756 g/mol. The van der Waals surface area contributed by atoms with Crippen LogP contribution in [0.25, 0.3) is 112 Å². The molecule has 0 amide bonds. The van der Waals surface area contributed by atoms with Crippen molar-refractivity contribution in [3.05, 3.63) is 194 Å². The maximum atomic E-state index is 6.67. The van der Waals surface area contributed by atoms with Crippen molar-refractivity contribution in [2.45, 2.75) is 0 Å². The minimum Gasteiger partial charge on any atom is -0.456 e. The highest BCUT2D eigenvalue weighted by atomic mass is 16.3. The van der Waals surface area contributed by atoms with Crippen molar-refractivity contribution >= 4 is 54.8 Å². The largest absolute Gasteiger partial charge is 0.456 e. The first-order valence-electron chi connectivity index (χ1n) is 19.7. The number of imidazole rings is 1. The van der Waals surface area contributed by atoms with E-state index in [0.717, 1.165) is 94.2 Å². The molecule has 0 saturated carbocycles. The average Bonchev–Trinajstić information content (AvgIpc) is 4.00. The molecule has 0 aliphatic rings. The zero-order valence-corrected chi connectivity index (χ0v) is 31.6. The van der Waals surface area contributed by atoms with Crippen molar-refractivity contribution in [1.29, 1.82) is 0 Å². The molecule has 0 bridgehead atoms. The normalized spacial score (nSPS) is 11.7. The number of furan rings is 1. The van der Waals surface area contributed by atoms with Crippen molar-refractivity contribution in [3.63, 3.8) is 0 Å². The van der Waals surface area contributed by atoms with E-state index in [2.05, 4.69) is 130 Å². The molecule has 8 aromatic carbocycles. The maximum absolute atomic E-state index is 6.67. The van der Waals surface area contributed by atoms with Gasteiger partial charge in [0, 0.05) is 55.2 Å². The van der Waals surface area contributed by atoms with Gasteiger partial charge in [0.15, 0.2) is 17.5 Å². The molecule has 4 aromatic heterocycles. The second kappa shape index (κ2) is 13.2. The van der Waals surface area contributed by atoms with Gasteiger partial charge in [0.2, 0.25) is 0 Å². The number of rotatable bonds is 6. The molecule has 7 nitrogen and oxygen atoms in total. The summed E-state index contributed by atoms with van der Waals surface area (Å²) in [6, 6.07) is 66.5. The number of nitrogens with zero attached hydrogens (tertiary/aromatic N) is 6. The Labute approximate surface area is 338 Å². The van der Waals surface area contributed by atoms with Crippen LogP contribution in [0.15, 0.2) is 199 Å². The first-order chi connectivity index (χ1) is 29.3. The van der Waals surface area contributed by atoms with Crippen molar-refractivity contribution in [1.82, 2.24) is 29.1 Å². The number of para-hydroxylation sites is 5. The summed E-state index contributed by atoms with van der Waals surface area (Å²) in [6.45, 7) is 0. The first-order valence-corrected chi connectivity index (χ1v) is 19.7. The molecule has 12 rings (SSSR count). The summed E-state index contributed by atoms with van der Waals surface area (Å²) in [7, 11) is 0. The minimum atomic E-state index is 0.553. The molecule has 4 heterocycles. The van der Waals surface area contributed by atoms with Gasteiger partial charge in [-0.3, -0.25) is 4.57 Å². The molecular weight excluding hydrogens is 725 g/mol. The summed E-state index contributed by atoms with van der Waals surface area (Å²) >= 11 is 0. The Balaban J connectivity index is 1.14. The van der Waals surface area contributed by atoms with Gasteiger partial charge in [0.25, 0.3) is 0 Å². The molecule has 0 spiro atoms. The van der Waals surface area contributed by atoms with Gasteiger partial charge in [-0.2, -0.15) is 0 Å². The highest BCUT2D eigenvalue weighted by Crippen LogP contribution is 2.43. The summed E-state index contributed by atoms with van der Waals surface area (Å²) in [5, 5.41) is 4.07. The SMILES string of the molecule is c1ccc(-c2nc(-c3cccc4oc5cccc(-c6nc7ccccc7n6-c6ccccc6)c5c34)nc(-c3cccc4c3c3ccccc3n4-c3ccccc3)n2)cc1. The Bertz CT molecular complexity index is 3550. The lowest BCUT2D eigenvalue weighted by Gasteiger charge is -2.12. The molecule has 276 valence electrons. The molecule has 0 atom stereocenters. The Kier molecular flexibility index (Phi) is 7.40. The van der Waals surface area contributed by atoms with Crippen LogP contribution in [-0.2, 0) is 0 Å². The van der Waals surface area contributed by atoms with Crippen molar-refractivity contribution in [3.8, 4) is 56.9 Å².